The molecule has 1 aromatic carbocycles. The summed E-state index contributed by atoms with van der Waals surface area (Å²) in [6.45, 7) is 3.57. The lowest BCUT2D eigenvalue weighted by molar-refractivity contribution is 0.122. The number of anilines is 2. The summed E-state index contributed by atoms with van der Waals surface area (Å²) in [5.41, 5.74) is 0.846. The first kappa shape index (κ1) is 15.2. The molecular formula is C15H16BrFN4O. The maximum atomic E-state index is 13.4. The molecule has 0 amide bonds. The summed E-state index contributed by atoms with van der Waals surface area (Å²) < 4.78 is 19.4. The van der Waals surface area contributed by atoms with Crippen molar-refractivity contribution in [1.82, 2.24) is 9.97 Å². The van der Waals surface area contributed by atoms with Crippen LogP contribution >= 0.6 is 15.9 Å². The second-order valence-electron chi connectivity index (χ2n) is 4.99. The zero-order valence-corrected chi connectivity index (χ0v) is 13.5. The van der Waals surface area contributed by atoms with Gasteiger partial charge in [0.1, 0.15) is 23.8 Å². The van der Waals surface area contributed by atoms with E-state index in [2.05, 4.69) is 36.1 Å². The quantitative estimate of drug-likeness (QED) is 0.901. The van der Waals surface area contributed by atoms with Crippen LogP contribution in [0.15, 0.2) is 35.1 Å². The summed E-state index contributed by atoms with van der Waals surface area (Å²) in [7, 11) is 0. The molecule has 7 heteroatoms. The molecule has 22 heavy (non-hydrogen) atoms. The number of nitrogens with zero attached hydrogens (tertiary/aromatic N) is 3. The molecule has 2 heterocycles. The third-order valence-electron chi connectivity index (χ3n) is 3.38. The Labute approximate surface area is 136 Å². The van der Waals surface area contributed by atoms with Crippen molar-refractivity contribution in [2.24, 2.45) is 0 Å². The highest BCUT2D eigenvalue weighted by molar-refractivity contribution is 9.10. The smallest absolute Gasteiger partial charge is 0.134 e. The molecule has 5 nitrogen and oxygen atoms in total. The Morgan fingerprint density at radius 3 is 2.77 bits per heavy atom. The first-order valence-electron chi connectivity index (χ1n) is 7.04. The van der Waals surface area contributed by atoms with Gasteiger partial charge >= 0.3 is 0 Å². The standard InChI is InChI=1S/C15H16BrFN4O/c16-12-5-11(6-13(17)7-12)9-18-14-8-15(20-10-19-14)21-1-3-22-4-2-21/h5-8,10H,1-4,9H2,(H,18,19,20). The van der Waals surface area contributed by atoms with Crippen LogP contribution in [-0.2, 0) is 11.3 Å². The number of benzene rings is 1. The predicted molar refractivity (Wildman–Crippen MR) is 86.5 cm³/mol. The van der Waals surface area contributed by atoms with Gasteiger partial charge in [-0.05, 0) is 23.8 Å². The molecule has 1 aromatic heterocycles. The number of halogens is 2. The maximum Gasteiger partial charge on any atom is 0.134 e. The lowest BCUT2D eigenvalue weighted by Crippen LogP contribution is -2.36. The minimum absolute atomic E-state index is 0.261. The Morgan fingerprint density at radius 1 is 1.18 bits per heavy atom. The zero-order chi connectivity index (χ0) is 15.4. The highest BCUT2D eigenvalue weighted by Crippen LogP contribution is 2.18. The minimum Gasteiger partial charge on any atom is -0.378 e. The molecule has 1 fully saturated rings. The van der Waals surface area contributed by atoms with Gasteiger partial charge in [-0.3, -0.25) is 0 Å². The summed E-state index contributed by atoms with van der Waals surface area (Å²) in [5.74, 6) is 1.33. The summed E-state index contributed by atoms with van der Waals surface area (Å²) in [6, 6.07) is 6.71. The Kier molecular flexibility index (Phi) is 4.84. The van der Waals surface area contributed by atoms with Crippen LogP contribution in [0.2, 0.25) is 0 Å². The van der Waals surface area contributed by atoms with Gasteiger partial charge in [0.2, 0.25) is 0 Å². The van der Waals surface area contributed by atoms with Crippen molar-refractivity contribution < 1.29 is 9.13 Å². The van der Waals surface area contributed by atoms with E-state index in [0.717, 1.165) is 34.8 Å². The molecular weight excluding hydrogens is 351 g/mol. The minimum atomic E-state index is -0.261. The fraction of sp³-hybridized carbons (Fsp3) is 0.333. The summed E-state index contributed by atoms with van der Waals surface area (Å²) >= 11 is 3.29. The number of nitrogens with one attached hydrogen (secondary N) is 1. The van der Waals surface area contributed by atoms with Gasteiger partial charge in [0.25, 0.3) is 0 Å². The lowest BCUT2D eigenvalue weighted by atomic mass is 10.2. The summed E-state index contributed by atoms with van der Waals surface area (Å²) in [5, 5.41) is 3.20. The van der Waals surface area contributed by atoms with Gasteiger partial charge in [-0.2, -0.15) is 0 Å². The normalized spacial score (nSPS) is 14.9. The number of ether oxygens (including phenoxy) is 1. The van der Waals surface area contributed by atoms with Crippen molar-refractivity contribution in [3.8, 4) is 0 Å². The molecule has 0 atom stereocenters. The molecule has 1 saturated heterocycles. The summed E-state index contributed by atoms with van der Waals surface area (Å²) in [4.78, 5) is 10.7. The Hall–Kier alpha value is -1.73. The van der Waals surface area contributed by atoms with Gasteiger partial charge < -0.3 is 15.0 Å². The molecule has 116 valence electrons. The van der Waals surface area contributed by atoms with Gasteiger partial charge in [0, 0.05) is 30.2 Å². The number of morpholine rings is 1. The maximum absolute atomic E-state index is 13.4. The number of hydrogen-bond acceptors (Lipinski definition) is 5. The van der Waals surface area contributed by atoms with Crippen LogP contribution in [0, 0.1) is 5.82 Å². The SMILES string of the molecule is Fc1cc(Br)cc(CNc2cc(N3CCOCC3)ncn2)c1. The first-order chi connectivity index (χ1) is 10.7. The molecule has 0 unspecified atom stereocenters. The zero-order valence-electron chi connectivity index (χ0n) is 11.9. The van der Waals surface area contributed by atoms with E-state index in [4.69, 9.17) is 4.74 Å². The van der Waals surface area contributed by atoms with Crippen LogP contribution in [0.1, 0.15) is 5.56 Å². The highest BCUT2D eigenvalue weighted by atomic mass is 79.9. The molecule has 1 aliphatic heterocycles. The van der Waals surface area contributed by atoms with Crippen molar-refractivity contribution in [2.75, 3.05) is 36.5 Å². The summed E-state index contributed by atoms with van der Waals surface area (Å²) in [6.07, 6.45) is 1.54. The van der Waals surface area contributed by atoms with E-state index in [-0.39, 0.29) is 5.82 Å². The van der Waals surface area contributed by atoms with E-state index in [1.54, 1.807) is 0 Å². The van der Waals surface area contributed by atoms with Crippen LogP contribution < -0.4 is 10.2 Å². The number of hydrogen-bond donors (Lipinski definition) is 1. The van der Waals surface area contributed by atoms with Gasteiger partial charge in [-0.1, -0.05) is 15.9 Å². The van der Waals surface area contributed by atoms with Crippen LogP contribution in [0.25, 0.3) is 0 Å². The second kappa shape index (κ2) is 7.02. The van der Waals surface area contributed by atoms with E-state index in [1.807, 2.05) is 12.1 Å². The molecule has 3 rings (SSSR count). The Morgan fingerprint density at radius 2 is 2.00 bits per heavy atom. The van der Waals surface area contributed by atoms with Crippen molar-refractivity contribution in [2.45, 2.75) is 6.54 Å². The monoisotopic (exact) mass is 366 g/mol. The van der Waals surface area contributed by atoms with Gasteiger partial charge in [0.05, 0.1) is 13.2 Å². The lowest BCUT2D eigenvalue weighted by Gasteiger charge is -2.27. The second-order valence-corrected chi connectivity index (χ2v) is 5.91. The molecule has 2 aromatic rings. The third-order valence-corrected chi connectivity index (χ3v) is 3.84. The Balaban J connectivity index is 1.67. The number of aromatic nitrogens is 2. The van der Waals surface area contributed by atoms with Crippen LogP contribution in [0.3, 0.4) is 0 Å². The molecule has 0 bridgehead atoms. The molecule has 0 spiro atoms. The van der Waals surface area contributed by atoms with Gasteiger partial charge in [-0.25, -0.2) is 14.4 Å². The van der Waals surface area contributed by atoms with Crippen molar-refractivity contribution in [1.29, 1.82) is 0 Å². The predicted octanol–water partition coefficient (Wildman–Crippen LogP) is 2.83. The largest absolute Gasteiger partial charge is 0.378 e. The average Bonchev–Trinajstić information content (AvgIpc) is 2.53. The van der Waals surface area contributed by atoms with E-state index in [0.29, 0.717) is 19.8 Å². The van der Waals surface area contributed by atoms with E-state index in [9.17, 15) is 4.39 Å². The number of rotatable bonds is 4. The van der Waals surface area contributed by atoms with Gasteiger partial charge in [0.15, 0.2) is 0 Å². The van der Waals surface area contributed by atoms with Crippen molar-refractivity contribution >= 4 is 27.6 Å². The van der Waals surface area contributed by atoms with Crippen molar-refractivity contribution in [3.05, 3.63) is 46.4 Å². The third kappa shape index (κ3) is 3.92. The molecule has 0 radical (unpaired) electrons. The van der Waals surface area contributed by atoms with Crippen LogP contribution in [0.5, 0.6) is 0 Å². The average molecular weight is 367 g/mol. The molecule has 0 saturated carbocycles. The molecule has 1 aliphatic rings. The fourth-order valence-electron chi connectivity index (χ4n) is 2.31. The van der Waals surface area contributed by atoms with Gasteiger partial charge in [-0.15, -0.1) is 0 Å². The fourth-order valence-corrected chi connectivity index (χ4v) is 2.83. The molecule has 1 N–H and O–H groups in total. The van der Waals surface area contributed by atoms with E-state index in [1.165, 1.54) is 18.5 Å². The molecule has 0 aliphatic carbocycles. The van der Waals surface area contributed by atoms with E-state index >= 15 is 0 Å². The Bertz CT molecular complexity index is 629. The van der Waals surface area contributed by atoms with Crippen molar-refractivity contribution in [3.63, 3.8) is 0 Å². The van der Waals surface area contributed by atoms with Crippen LogP contribution in [-0.4, -0.2) is 36.3 Å². The highest BCUT2D eigenvalue weighted by Gasteiger charge is 2.12. The first-order valence-corrected chi connectivity index (χ1v) is 7.83. The van der Waals surface area contributed by atoms with Crippen LogP contribution in [0.4, 0.5) is 16.0 Å². The topological polar surface area (TPSA) is 50.3 Å². The van der Waals surface area contributed by atoms with E-state index < -0.39 is 0 Å².